The second-order valence-electron chi connectivity index (χ2n) is 6.57. The van der Waals surface area contributed by atoms with Crippen LogP contribution >= 0.6 is 24.8 Å². The van der Waals surface area contributed by atoms with Gasteiger partial charge in [-0.1, -0.05) is 0 Å². The van der Waals surface area contributed by atoms with Crippen molar-refractivity contribution in [1.82, 2.24) is 25.2 Å². The number of fused-ring (bicyclic) bond motifs is 1. The molecule has 0 unspecified atom stereocenters. The number of carbonyl (C=O) groups is 1. The topological polar surface area (TPSA) is 81.1 Å². The number of nitrogens with zero attached hydrogens (tertiary/aromatic N) is 3. The molecule has 7 nitrogen and oxygen atoms in total. The summed E-state index contributed by atoms with van der Waals surface area (Å²) < 4.78 is 7.53. The number of hydrogen-bond donors (Lipinski definition) is 2. The Morgan fingerprint density at radius 1 is 1.27 bits per heavy atom. The van der Waals surface area contributed by atoms with Crippen LogP contribution in [-0.2, 0) is 4.74 Å². The largest absolute Gasteiger partial charge is 0.381 e. The molecular formula is C17H25Cl2N5O2. The number of carbonyl (C=O) groups excluding carboxylic acids is 1. The molecular weight excluding hydrogens is 377 g/mol. The van der Waals surface area contributed by atoms with Crippen LogP contribution in [0.5, 0.6) is 0 Å². The molecule has 0 bridgehead atoms. The fourth-order valence-electron chi connectivity index (χ4n) is 3.52. The minimum Gasteiger partial charge on any atom is -0.381 e. The molecule has 9 heteroatoms. The van der Waals surface area contributed by atoms with Crippen molar-refractivity contribution in [2.24, 2.45) is 0 Å². The van der Waals surface area contributed by atoms with Crippen LogP contribution < -0.4 is 10.6 Å². The molecule has 144 valence electrons. The van der Waals surface area contributed by atoms with E-state index in [-0.39, 0.29) is 30.7 Å². The van der Waals surface area contributed by atoms with Crippen LogP contribution in [0.3, 0.4) is 0 Å². The van der Waals surface area contributed by atoms with Crippen LogP contribution in [0.2, 0.25) is 0 Å². The van der Waals surface area contributed by atoms with E-state index < -0.39 is 0 Å². The van der Waals surface area contributed by atoms with Crippen LogP contribution in [0, 0.1) is 0 Å². The second-order valence-corrected chi connectivity index (χ2v) is 6.57. The summed E-state index contributed by atoms with van der Waals surface area (Å²) in [5.41, 5.74) is 2.18. The van der Waals surface area contributed by atoms with E-state index in [4.69, 9.17) is 4.74 Å². The summed E-state index contributed by atoms with van der Waals surface area (Å²) in [6, 6.07) is 2.60. The van der Waals surface area contributed by atoms with E-state index in [1.165, 1.54) is 6.42 Å². The smallest absolute Gasteiger partial charge is 0.252 e. The van der Waals surface area contributed by atoms with E-state index in [1.54, 1.807) is 6.20 Å². The van der Waals surface area contributed by atoms with E-state index >= 15 is 0 Å². The Morgan fingerprint density at radius 2 is 2.08 bits per heavy atom. The Kier molecular flexibility index (Phi) is 7.64. The summed E-state index contributed by atoms with van der Waals surface area (Å²) in [7, 11) is 0. The summed E-state index contributed by atoms with van der Waals surface area (Å²) in [6.45, 7) is 3.26. The quantitative estimate of drug-likeness (QED) is 0.819. The van der Waals surface area contributed by atoms with Gasteiger partial charge in [-0.05, 0) is 38.3 Å². The molecule has 0 aromatic carbocycles. The van der Waals surface area contributed by atoms with Gasteiger partial charge >= 0.3 is 0 Å². The van der Waals surface area contributed by atoms with Gasteiger partial charge in [0, 0.05) is 38.0 Å². The fraction of sp³-hybridized carbons (Fsp3) is 0.588. The average molecular weight is 402 g/mol. The molecule has 0 radical (unpaired) electrons. The summed E-state index contributed by atoms with van der Waals surface area (Å²) in [6.07, 6.45) is 7.73. The lowest BCUT2D eigenvalue weighted by atomic mass is 10.1. The van der Waals surface area contributed by atoms with Gasteiger partial charge in [-0.15, -0.1) is 24.8 Å². The number of amides is 1. The maximum atomic E-state index is 12.3. The Labute approximate surface area is 165 Å². The first-order valence-corrected chi connectivity index (χ1v) is 8.73. The van der Waals surface area contributed by atoms with Gasteiger partial charge in [0.15, 0.2) is 5.65 Å². The summed E-state index contributed by atoms with van der Waals surface area (Å²) in [5.74, 6) is -0.0845. The Morgan fingerprint density at radius 3 is 2.81 bits per heavy atom. The molecule has 2 aliphatic heterocycles. The lowest BCUT2D eigenvalue weighted by Gasteiger charge is -2.23. The van der Waals surface area contributed by atoms with Crippen LogP contribution in [-0.4, -0.2) is 52.8 Å². The minimum absolute atomic E-state index is 0. The number of rotatable bonds is 4. The Bertz CT molecular complexity index is 727. The van der Waals surface area contributed by atoms with Gasteiger partial charge in [0.05, 0.1) is 11.9 Å². The van der Waals surface area contributed by atoms with Crippen molar-refractivity contribution in [2.45, 2.75) is 37.8 Å². The fourth-order valence-corrected chi connectivity index (χ4v) is 3.52. The highest BCUT2D eigenvalue weighted by molar-refractivity contribution is 5.96. The number of pyridine rings is 1. The van der Waals surface area contributed by atoms with Crippen LogP contribution in [0.15, 0.2) is 18.6 Å². The van der Waals surface area contributed by atoms with E-state index in [0.29, 0.717) is 24.2 Å². The number of aromatic nitrogens is 3. The lowest BCUT2D eigenvalue weighted by Crippen LogP contribution is -2.37. The van der Waals surface area contributed by atoms with E-state index in [0.717, 1.165) is 50.2 Å². The van der Waals surface area contributed by atoms with Gasteiger partial charge < -0.3 is 19.9 Å². The molecule has 2 aromatic rings. The third-order valence-corrected chi connectivity index (χ3v) is 4.93. The van der Waals surface area contributed by atoms with E-state index in [9.17, 15) is 4.79 Å². The SMILES string of the molecule is Cl.Cl.O=C(NC[C@@H]1CCCN1)c1cnc2c(c1)ncn2C1CCOCC1. The summed E-state index contributed by atoms with van der Waals surface area (Å²) in [4.78, 5) is 21.3. The van der Waals surface area contributed by atoms with Crippen molar-refractivity contribution in [3.63, 3.8) is 0 Å². The van der Waals surface area contributed by atoms with Crippen LogP contribution in [0.4, 0.5) is 0 Å². The molecule has 0 saturated carbocycles. The van der Waals surface area contributed by atoms with Crippen molar-refractivity contribution in [1.29, 1.82) is 0 Å². The third kappa shape index (κ3) is 4.46. The first kappa shape index (κ1) is 20.9. The van der Waals surface area contributed by atoms with Gasteiger partial charge in [-0.3, -0.25) is 4.79 Å². The predicted molar refractivity (Wildman–Crippen MR) is 104 cm³/mol. The van der Waals surface area contributed by atoms with Gasteiger partial charge in [-0.2, -0.15) is 0 Å². The molecule has 4 heterocycles. The van der Waals surface area contributed by atoms with Crippen LogP contribution in [0.25, 0.3) is 11.2 Å². The zero-order valence-corrected chi connectivity index (χ0v) is 16.2. The molecule has 0 aliphatic carbocycles. The highest BCUT2D eigenvalue weighted by atomic mass is 35.5. The normalized spacial score (nSPS) is 20.4. The maximum Gasteiger partial charge on any atom is 0.252 e. The molecule has 1 amide bonds. The minimum atomic E-state index is -0.0845. The van der Waals surface area contributed by atoms with Crippen molar-refractivity contribution in [3.05, 3.63) is 24.2 Å². The molecule has 2 N–H and O–H groups in total. The molecule has 2 aliphatic rings. The standard InChI is InChI=1S/C17H23N5O2.2ClH/c23-17(20-10-13-2-1-5-18-13)12-8-15-16(19-9-12)22(11-21-15)14-3-6-24-7-4-14;;/h8-9,11,13-14,18H,1-7,10H2,(H,20,23);2*1H/t13-;;/m0../s1. The Hall–Kier alpha value is -1.41. The first-order chi connectivity index (χ1) is 11.8. The van der Waals surface area contributed by atoms with E-state index in [2.05, 4.69) is 25.2 Å². The first-order valence-electron chi connectivity index (χ1n) is 8.73. The van der Waals surface area contributed by atoms with E-state index in [1.807, 2.05) is 12.4 Å². The van der Waals surface area contributed by atoms with Gasteiger partial charge in [0.25, 0.3) is 5.91 Å². The number of imidazole rings is 1. The maximum absolute atomic E-state index is 12.3. The molecule has 0 spiro atoms. The molecule has 2 fully saturated rings. The molecule has 2 aromatic heterocycles. The predicted octanol–water partition coefficient (Wildman–Crippen LogP) is 2.11. The molecule has 1 atom stereocenters. The lowest BCUT2D eigenvalue weighted by molar-refractivity contribution is 0.0704. The summed E-state index contributed by atoms with van der Waals surface area (Å²) >= 11 is 0. The monoisotopic (exact) mass is 401 g/mol. The zero-order valence-electron chi connectivity index (χ0n) is 14.5. The van der Waals surface area contributed by atoms with Gasteiger partial charge in [0.1, 0.15) is 5.52 Å². The Balaban J connectivity index is 0.00000121. The number of ether oxygens (including phenoxy) is 1. The molecule has 2 saturated heterocycles. The van der Waals surface area contributed by atoms with Gasteiger partial charge in [-0.25, -0.2) is 9.97 Å². The highest BCUT2D eigenvalue weighted by Gasteiger charge is 2.20. The second kappa shape index (κ2) is 9.50. The van der Waals surface area contributed by atoms with Crippen molar-refractivity contribution in [3.8, 4) is 0 Å². The van der Waals surface area contributed by atoms with Crippen molar-refractivity contribution >= 4 is 41.9 Å². The molecule has 26 heavy (non-hydrogen) atoms. The number of halogens is 2. The average Bonchev–Trinajstić information content (AvgIpc) is 3.29. The third-order valence-electron chi connectivity index (χ3n) is 4.93. The number of hydrogen-bond acceptors (Lipinski definition) is 5. The highest BCUT2D eigenvalue weighted by Crippen LogP contribution is 2.24. The summed E-state index contributed by atoms with van der Waals surface area (Å²) in [5, 5.41) is 6.36. The van der Waals surface area contributed by atoms with Gasteiger partial charge in [0.2, 0.25) is 0 Å². The number of nitrogens with one attached hydrogen (secondary N) is 2. The van der Waals surface area contributed by atoms with Crippen molar-refractivity contribution in [2.75, 3.05) is 26.3 Å². The van der Waals surface area contributed by atoms with Crippen LogP contribution in [0.1, 0.15) is 42.1 Å². The van der Waals surface area contributed by atoms with Crippen molar-refractivity contribution < 1.29 is 9.53 Å². The molecule has 4 rings (SSSR count). The zero-order chi connectivity index (χ0) is 16.4.